The van der Waals surface area contributed by atoms with E-state index in [9.17, 15) is 8.78 Å². The Morgan fingerprint density at radius 1 is 1.32 bits per heavy atom. The van der Waals surface area contributed by atoms with Crippen molar-refractivity contribution in [3.05, 3.63) is 45.7 Å². The number of hydrogen-bond donors (Lipinski definition) is 2. The molecule has 0 unspecified atom stereocenters. The van der Waals surface area contributed by atoms with Gasteiger partial charge in [0.15, 0.2) is 5.96 Å². The van der Waals surface area contributed by atoms with Gasteiger partial charge in [0.1, 0.15) is 5.75 Å². The molecule has 0 bridgehead atoms. The van der Waals surface area contributed by atoms with Crippen molar-refractivity contribution in [1.82, 2.24) is 20.4 Å². The first-order valence-electron chi connectivity index (χ1n) is 9.06. The van der Waals surface area contributed by atoms with Crippen LogP contribution in [0, 0.1) is 13.8 Å². The van der Waals surface area contributed by atoms with Crippen molar-refractivity contribution in [3.63, 3.8) is 0 Å². The first-order chi connectivity index (χ1) is 13.3. The normalized spacial score (nSPS) is 11.8. The second kappa shape index (κ2) is 10.3. The summed E-state index contributed by atoms with van der Waals surface area (Å²) in [6.07, 6.45) is 0.798. The van der Waals surface area contributed by atoms with Crippen molar-refractivity contribution >= 4 is 17.6 Å². The van der Waals surface area contributed by atoms with E-state index in [0.717, 1.165) is 17.8 Å². The van der Waals surface area contributed by atoms with E-state index < -0.39 is 6.61 Å². The van der Waals surface area contributed by atoms with Crippen LogP contribution in [0.2, 0.25) is 5.02 Å². The molecule has 9 heteroatoms. The van der Waals surface area contributed by atoms with Gasteiger partial charge in [-0.3, -0.25) is 4.68 Å². The predicted molar refractivity (Wildman–Crippen MR) is 107 cm³/mol. The Morgan fingerprint density at radius 2 is 2.07 bits per heavy atom. The molecule has 6 nitrogen and oxygen atoms in total. The number of aromatic nitrogens is 2. The Labute approximate surface area is 168 Å². The maximum absolute atomic E-state index is 12.6. The van der Waals surface area contributed by atoms with Gasteiger partial charge in [0.25, 0.3) is 0 Å². The highest BCUT2D eigenvalue weighted by atomic mass is 35.5. The fourth-order valence-corrected chi connectivity index (χ4v) is 3.07. The quantitative estimate of drug-likeness (QED) is 0.513. The number of nitrogens with one attached hydrogen (secondary N) is 2. The Hall–Kier alpha value is -2.35. The van der Waals surface area contributed by atoms with Crippen LogP contribution in [0.5, 0.6) is 5.75 Å². The van der Waals surface area contributed by atoms with Gasteiger partial charge in [0.2, 0.25) is 0 Å². The highest BCUT2D eigenvalue weighted by molar-refractivity contribution is 6.30. The first-order valence-corrected chi connectivity index (χ1v) is 9.44. The van der Waals surface area contributed by atoms with Crippen LogP contribution in [-0.2, 0) is 20.0 Å². The van der Waals surface area contributed by atoms with E-state index in [1.54, 1.807) is 6.07 Å². The van der Waals surface area contributed by atoms with E-state index in [1.807, 2.05) is 32.5 Å². The summed E-state index contributed by atoms with van der Waals surface area (Å²) in [5, 5.41) is 11.3. The SMILES string of the molecule is CCNC(=NCc1cc(Cl)ccc1OC(F)F)NCCc1c(C)nn(C)c1C. The number of nitrogens with zero attached hydrogens (tertiary/aromatic N) is 3. The molecule has 0 aliphatic carbocycles. The monoisotopic (exact) mass is 413 g/mol. The molecule has 0 aliphatic rings. The van der Waals surface area contributed by atoms with E-state index in [2.05, 4.69) is 25.5 Å². The van der Waals surface area contributed by atoms with Crippen LogP contribution in [0.1, 0.15) is 29.4 Å². The van der Waals surface area contributed by atoms with E-state index in [-0.39, 0.29) is 12.3 Å². The molecule has 154 valence electrons. The summed E-state index contributed by atoms with van der Waals surface area (Å²) in [5.74, 6) is 0.658. The molecule has 0 amide bonds. The Kier molecular flexibility index (Phi) is 8.04. The van der Waals surface area contributed by atoms with Crippen molar-refractivity contribution < 1.29 is 13.5 Å². The third-order valence-electron chi connectivity index (χ3n) is 4.32. The molecule has 1 aromatic heterocycles. The Morgan fingerprint density at radius 3 is 2.68 bits per heavy atom. The average Bonchev–Trinajstić information content (AvgIpc) is 2.87. The maximum atomic E-state index is 12.6. The van der Waals surface area contributed by atoms with Crippen molar-refractivity contribution in [1.29, 1.82) is 0 Å². The molecule has 0 fully saturated rings. The number of halogens is 3. The van der Waals surface area contributed by atoms with Crippen LogP contribution in [0.25, 0.3) is 0 Å². The predicted octanol–water partition coefficient (Wildman–Crippen LogP) is 3.59. The third kappa shape index (κ3) is 6.09. The molecule has 0 spiro atoms. The minimum Gasteiger partial charge on any atom is -0.434 e. The third-order valence-corrected chi connectivity index (χ3v) is 4.55. The molecule has 1 aromatic carbocycles. The lowest BCUT2D eigenvalue weighted by atomic mass is 10.1. The zero-order valence-corrected chi connectivity index (χ0v) is 17.3. The van der Waals surface area contributed by atoms with Gasteiger partial charge in [-0.2, -0.15) is 13.9 Å². The van der Waals surface area contributed by atoms with Gasteiger partial charge in [-0.1, -0.05) is 11.6 Å². The van der Waals surface area contributed by atoms with Crippen LogP contribution in [0.4, 0.5) is 8.78 Å². The molecule has 2 N–H and O–H groups in total. The smallest absolute Gasteiger partial charge is 0.387 e. The van der Waals surface area contributed by atoms with Crippen LogP contribution in [0.3, 0.4) is 0 Å². The first kappa shape index (κ1) is 21.9. The summed E-state index contributed by atoms with van der Waals surface area (Å²) in [5.41, 5.74) is 3.84. The average molecular weight is 414 g/mol. The second-order valence-corrected chi connectivity index (χ2v) is 6.71. The lowest BCUT2D eigenvalue weighted by Gasteiger charge is -2.13. The lowest BCUT2D eigenvalue weighted by molar-refractivity contribution is -0.0504. The molecule has 0 aliphatic heterocycles. The van der Waals surface area contributed by atoms with Crippen molar-refractivity contribution in [3.8, 4) is 5.75 Å². The van der Waals surface area contributed by atoms with E-state index >= 15 is 0 Å². The molecule has 0 saturated heterocycles. The molecule has 1 heterocycles. The van der Waals surface area contributed by atoms with Crippen LogP contribution in [-0.4, -0.2) is 35.4 Å². The molecule has 2 rings (SSSR count). The Balaban J connectivity index is 2.05. The van der Waals surface area contributed by atoms with Gasteiger partial charge in [-0.25, -0.2) is 4.99 Å². The minimum atomic E-state index is -2.90. The topological polar surface area (TPSA) is 63.5 Å². The zero-order valence-electron chi connectivity index (χ0n) is 16.5. The van der Waals surface area contributed by atoms with Gasteiger partial charge in [-0.05, 0) is 51.0 Å². The molecule has 2 aromatic rings. The van der Waals surface area contributed by atoms with E-state index in [1.165, 1.54) is 17.7 Å². The molecule has 0 saturated carbocycles. The summed E-state index contributed by atoms with van der Waals surface area (Å²) in [4.78, 5) is 4.46. The summed E-state index contributed by atoms with van der Waals surface area (Å²) < 4.78 is 31.6. The molecular formula is C19H26ClF2N5O. The Bertz CT molecular complexity index is 823. The van der Waals surface area contributed by atoms with Gasteiger partial charge >= 0.3 is 6.61 Å². The number of guanidine groups is 1. The summed E-state index contributed by atoms with van der Waals surface area (Å²) in [6, 6.07) is 4.51. The number of ether oxygens (including phenoxy) is 1. The lowest BCUT2D eigenvalue weighted by Crippen LogP contribution is -2.38. The number of benzene rings is 1. The van der Waals surface area contributed by atoms with Gasteiger partial charge < -0.3 is 15.4 Å². The number of aliphatic imine (C=N–C) groups is 1. The zero-order chi connectivity index (χ0) is 20.7. The van der Waals surface area contributed by atoms with Gasteiger partial charge in [-0.15, -0.1) is 0 Å². The summed E-state index contributed by atoms with van der Waals surface area (Å²) >= 11 is 5.98. The minimum absolute atomic E-state index is 0.0700. The molecule has 0 radical (unpaired) electrons. The highest BCUT2D eigenvalue weighted by Crippen LogP contribution is 2.25. The fraction of sp³-hybridized carbons (Fsp3) is 0.474. The number of alkyl halides is 2. The maximum Gasteiger partial charge on any atom is 0.387 e. The van der Waals surface area contributed by atoms with Crippen LogP contribution < -0.4 is 15.4 Å². The molecule has 28 heavy (non-hydrogen) atoms. The molecular weight excluding hydrogens is 388 g/mol. The number of hydrogen-bond acceptors (Lipinski definition) is 3. The number of rotatable bonds is 8. The van der Waals surface area contributed by atoms with Crippen molar-refractivity contribution in [2.45, 2.75) is 40.3 Å². The largest absolute Gasteiger partial charge is 0.434 e. The fourth-order valence-electron chi connectivity index (χ4n) is 2.87. The van der Waals surface area contributed by atoms with Gasteiger partial charge in [0, 0.05) is 36.4 Å². The van der Waals surface area contributed by atoms with E-state index in [0.29, 0.717) is 29.6 Å². The molecule has 0 atom stereocenters. The van der Waals surface area contributed by atoms with Crippen molar-refractivity contribution in [2.24, 2.45) is 12.0 Å². The summed E-state index contributed by atoms with van der Waals surface area (Å²) in [6.45, 7) is 4.58. The summed E-state index contributed by atoms with van der Waals surface area (Å²) in [7, 11) is 1.93. The van der Waals surface area contributed by atoms with Crippen LogP contribution >= 0.6 is 11.6 Å². The van der Waals surface area contributed by atoms with Gasteiger partial charge in [0.05, 0.1) is 12.2 Å². The van der Waals surface area contributed by atoms with E-state index in [4.69, 9.17) is 11.6 Å². The second-order valence-electron chi connectivity index (χ2n) is 6.28. The number of aryl methyl sites for hydroxylation is 2. The van der Waals surface area contributed by atoms with Crippen molar-refractivity contribution in [2.75, 3.05) is 13.1 Å². The van der Waals surface area contributed by atoms with Crippen LogP contribution in [0.15, 0.2) is 23.2 Å². The highest BCUT2D eigenvalue weighted by Gasteiger charge is 2.11. The standard InChI is InChI=1S/C19H26ClF2N5O/c1-5-23-19(24-9-8-16-12(2)26-27(4)13(16)3)25-11-14-10-15(20)6-7-17(14)28-18(21)22/h6-7,10,18H,5,8-9,11H2,1-4H3,(H2,23,24,25).